The Balaban J connectivity index is 1.73. The number of para-hydroxylation sites is 1. The van der Waals surface area contributed by atoms with Crippen LogP contribution in [-0.2, 0) is 9.53 Å². The first kappa shape index (κ1) is 21.3. The number of hydrogen-bond acceptors (Lipinski definition) is 5. The number of amides is 1. The molecule has 4 aromatic rings. The number of nitrogens with one attached hydrogen (secondary N) is 1. The van der Waals surface area contributed by atoms with Crippen molar-refractivity contribution < 1.29 is 14.3 Å². The summed E-state index contributed by atoms with van der Waals surface area (Å²) in [4.78, 5) is 41.4. The highest BCUT2D eigenvalue weighted by atomic mass is 16.5. The molecule has 164 valence electrons. The Morgan fingerprint density at radius 3 is 2.50 bits per heavy atom. The van der Waals surface area contributed by atoms with Crippen LogP contribution in [0.4, 0.5) is 5.69 Å². The molecule has 0 aliphatic carbocycles. The minimum atomic E-state index is -0.551. The van der Waals surface area contributed by atoms with Crippen molar-refractivity contribution in [3.8, 4) is 0 Å². The summed E-state index contributed by atoms with van der Waals surface area (Å²) in [5.74, 6) is -0.614. The molecule has 8 heteroatoms. The molecule has 2 heterocycles. The topological polar surface area (TPSA) is 94.7 Å². The lowest BCUT2D eigenvalue weighted by molar-refractivity contribution is -0.119. The van der Waals surface area contributed by atoms with E-state index in [0.29, 0.717) is 35.6 Å². The number of hydrogen-bond donors (Lipinski definition) is 1. The molecular weight excluding hydrogens is 408 g/mol. The van der Waals surface area contributed by atoms with Crippen molar-refractivity contribution in [2.24, 2.45) is 0 Å². The van der Waals surface area contributed by atoms with E-state index < -0.39 is 12.0 Å². The van der Waals surface area contributed by atoms with Gasteiger partial charge in [-0.3, -0.25) is 14.3 Å². The number of carbonyl (C=O) groups excluding carboxylic acids is 2. The van der Waals surface area contributed by atoms with E-state index in [1.807, 2.05) is 47.3 Å². The molecule has 2 aromatic heterocycles. The van der Waals surface area contributed by atoms with E-state index in [1.54, 1.807) is 31.2 Å². The summed E-state index contributed by atoms with van der Waals surface area (Å²) >= 11 is 0. The van der Waals surface area contributed by atoms with Crippen LogP contribution in [0.3, 0.4) is 0 Å². The molecule has 0 saturated carbocycles. The third-order valence-electron chi connectivity index (χ3n) is 5.34. The fourth-order valence-corrected chi connectivity index (χ4v) is 3.91. The highest BCUT2D eigenvalue weighted by molar-refractivity contribution is 5.98. The molecule has 8 nitrogen and oxygen atoms in total. The van der Waals surface area contributed by atoms with E-state index in [-0.39, 0.29) is 11.5 Å². The Morgan fingerprint density at radius 1 is 1.09 bits per heavy atom. The standard InChI is InChI=1S/C24H24N4O4/c1-4-19(23(30)25-17-12-10-16(11-13-17)24(31)32-5-2)28-20-9-7-6-8-18(20)22-26-21(29)14-15(3)27(22)28/h6-14,19H,4-5H2,1-3H3,(H,25,30). The first-order valence-corrected chi connectivity index (χ1v) is 10.5. The minimum Gasteiger partial charge on any atom is -0.462 e. The lowest BCUT2D eigenvalue weighted by atomic mass is 10.1. The largest absolute Gasteiger partial charge is 0.462 e. The van der Waals surface area contributed by atoms with Gasteiger partial charge in [0.15, 0.2) is 5.65 Å². The van der Waals surface area contributed by atoms with E-state index in [0.717, 1.165) is 10.9 Å². The van der Waals surface area contributed by atoms with E-state index in [1.165, 1.54) is 6.07 Å². The summed E-state index contributed by atoms with van der Waals surface area (Å²) in [5, 5.41) is 3.74. The number of benzene rings is 2. The quantitative estimate of drug-likeness (QED) is 0.469. The zero-order valence-corrected chi connectivity index (χ0v) is 18.2. The average Bonchev–Trinajstić information content (AvgIpc) is 3.10. The minimum absolute atomic E-state index is 0.211. The van der Waals surface area contributed by atoms with Crippen LogP contribution in [0.2, 0.25) is 0 Å². The maximum atomic E-state index is 13.3. The number of carbonyl (C=O) groups is 2. The molecule has 0 fully saturated rings. The van der Waals surface area contributed by atoms with Crippen molar-refractivity contribution in [1.82, 2.24) is 14.2 Å². The Hall–Kier alpha value is -3.94. The SMILES string of the molecule is CCOC(=O)c1ccc(NC(=O)C(CC)n2c3ccccc3c3nc(=O)cc(C)n32)cc1. The van der Waals surface area contributed by atoms with Gasteiger partial charge in [-0.05, 0) is 56.7 Å². The molecule has 0 saturated heterocycles. The molecule has 0 aliphatic rings. The van der Waals surface area contributed by atoms with Crippen molar-refractivity contribution in [2.75, 3.05) is 11.9 Å². The lowest BCUT2D eigenvalue weighted by Gasteiger charge is -2.20. The van der Waals surface area contributed by atoms with Crippen molar-refractivity contribution in [3.63, 3.8) is 0 Å². The summed E-state index contributed by atoms with van der Waals surface area (Å²) in [5.41, 5.74) is 2.71. The summed E-state index contributed by atoms with van der Waals surface area (Å²) in [7, 11) is 0. The second-order valence-electron chi connectivity index (χ2n) is 7.44. The third kappa shape index (κ3) is 3.75. The third-order valence-corrected chi connectivity index (χ3v) is 5.34. The van der Waals surface area contributed by atoms with Gasteiger partial charge in [0.1, 0.15) is 6.04 Å². The summed E-state index contributed by atoms with van der Waals surface area (Å²) in [6.07, 6.45) is 0.520. The Morgan fingerprint density at radius 2 is 1.81 bits per heavy atom. The monoisotopic (exact) mass is 432 g/mol. The maximum Gasteiger partial charge on any atom is 0.338 e. The van der Waals surface area contributed by atoms with Crippen LogP contribution in [-0.4, -0.2) is 32.7 Å². The van der Waals surface area contributed by atoms with Crippen LogP contribution in [0.15, 0.2) is 59.4 Å². The summed E-state index contributed by atoms with van der Waals surface area (Å²) < 4.78 is 8.70. The van der Waals surface area contributed by atoms with Gasteiger partial charge >= 0.3 is 5.97 Å². The molecule has 32 heavy (non-hydrogen) atoms. The van der Waals surface area contributed by atoms with Crippen molar-refractivity contribution in [2.45, 2.75) is 33.2 Å². The van der Waals surface area contributed by atoms with Gasteiger partial charge < -0.3 is 10.1 Å². The summed E-state index contributed by atoms with van der Waals surface area (Å²) in [6.45, 7) is 5.80. The zero-order valence-electron chi connectivity index (χ0n) is 18.2. The van der Waals surface area contributed by atoms with E-state index in [9.17, 15) is 14.4 Å². The summed E-state index contributed by atoms with van der Waals surface area (Å²) in [6, 6.07) is 15.1. The lowest BCUT2D eigenvalue weighted by Crippen LogP contribution is -2.29. The number of esters is 1. The number of fused-ring (bicyclic) bond motifs is 3. The Labute approximate surface area is 184 Å². The van der Waals surface area contributed by atoms with Crippen LogP contribution in [0, 0.1) is 6.92 Å². The fraction of sp³-hybridized carbons (Fsp3) is 0.250. The van der Waals surface area contributed by atoms with Gasteiger partial charge in [0.05, 0.1) is 17.7 Å². The molecule has 0 aliphatic heterocycles. The molecule has 2 aromatic carbocycles. The second-order valence-corrected chi connectivity index (χ2v) is 7.44. The first-order valence-electron chi connectivity index (χ1n) is 10.5. The molecule has 0 spiro atoms. The predicted octanol–water partition coefficient (Wildman–Crippen LogP) is 3.72. The number of anilines is 1. The molecule has 1 atom stereocenters. The van der Waals surface area contributed by atoms with Crippen molar-refractivity contribution in [3.05, 3.63) is 76.2 Å². The number of ether oxygens (including phenoxy) is 1. The van der Waals surface area contributed by atoms with E-state index >= 15 is 0 Å². The van der Waals surface area contributed by atoms with Crippen LogP contribution in [0.25, 0.3) is 16.6 Å². The highest BCUT2D eigenvalue weighted by Gasteiger charge is 2.25. The number of nitrogens with zero attached hydrogens (tertiary/aromatic N) is 3. The van der Waals surface area contributed by atoms with Gasteiger partial charge in [-0.2, -0.15) is 4.98 Å². The molecule has 0 bridgehead atoms. The molecule has 1 N–H and O–H groups in total. The normalized spacial score (nSPS) is 12.1. The molecule has 1 unspecified atom stereocenters. The number of aromatic nitrogens is 3. The molecule has 4 rings (SSSR count). The van der Waals surface area contributed by atoms with Crippen LogP contribution in [0.1, 0.15) is 42.4 Å². The van der Waals surface area contributed by atoms with Crippen LogP contribution in [0.5, 0.6) is 0 Å². The molecule has 0 radical (unpaired) electrons. The highest BCUT2D eigenvalue weighted by Crippen LogP contribution is 2.27. The van der Waals surface area contributed by atoms with Gasteiger partial charge in [0, 0.05) is 22.8 Å². The van der Waals surface area contributed by atoms with E-state index in [2.05, 4.69) is 10.3 Å². The smallest absolute Gasteiger partial charge is 0.338 e. The predicted molar refractivity (Wildman–Crippen MR) is 122 cm³/mol. The first-order chi connectivity index (χ1) is 15.4. The second kappa shape index (κ2) is 8.66. The fourth-order valence-electron chi connectivity index (χ4n) is 3.91. The van der Waals surface area contributed by atoms with Gasteiger partial charge in [-0.15, -0.1) is 0 Å². The van der Waals surface area contributed by atoms with Crippen LogP contribution < -0.4 is 10.9 Å². The zero-order chi connectivity index (χ0) is 22.8. The van der Waals surface area contributed by atoms with Gasteiger partial charge in [-0.1, -0.05) is 19.1 Å². The Kier molecular flexibility index (Phi) is 5.77. The van der Waals surface area contributed by atoms with Gasteiger partial charge in [0.2, 0.25) is 5.91 Å². The molecule has 1 amide bonds. The average molecular weight is 432 g/mol. The van der Waals surface area contributed by atoms with Gasteiger partial charge in [-0.25, -0.2) is 9.31 Å². The Bertz CT molecular complexity index is 1370. The van der Waals surface area contributed by atoms with Crippen LogP contribution >= 0.6 is 0 Å². The van der Waals surface area contributed by atoms with Gasteiger partial charge in [0.25, 0.3) is 5.56 Å². The van der Waals surface area contributed by atoms with E-state index in [4.69, 9.17) is 4.74 Å². The number of aryl methyl sites for hydroxylation is 1. The number of rotatable bonds is 6. The maximum absolute atomic E-state index is 13.3. The van der Waals surface area contributed by atoms with Crippen molar-refractivity contribution in [1.29, 1.82) is 0 Å². The van der Waals surface area contributed by atoms with Crippen molar-refractivity contribution >= 4 is 34.1 Å². The molecular formula is C24H24N4O4.